The lowest BCUT2D eigenvalue weighted by molar-refractivity contribution is -0.118. The highest BCUT2D eigenvalue weighted by atomic mass is 16.1. The number of nitrogens with one attached hydrogen (secondary N) is 1. The van der Waals surface area contributed by atoms with E-state index < -0.39 is 5.92 Å². The standard InChI is InChI=1S/C16H15N3O/c1-12-5-7-13(8-6-12)10-14(11-17)16(20)19-15-4-2-3-9-18-15/h2-9,14H,10H2,1H3,(H,18,19,20)/t14-/m1/s1. The first-order valence-electron chi connectivity index (χ1n) is 6.36. The van der Waals surface area contributed by atoms with Gasteiger partial charge in [-0.15, -0.1) is 0 Å². The smallest absolute Gasteiger partial charge is 0.243 e. The molecule has 0 saturated carbocycles. The van der Waals surface area contributed by atoms with Gasteiger partial charge in [-0.05, 0) is 31.0 Å². The Bertz CT molecular complexity index is 614. The van der Waals surface area contributed by atoms with E-state index in [0.29, 0.717) is 12.2 Å². The Morgan fingerprint density at radius 2 is 2.05 bits per heavy atom. The van der Waals surface area contributed by atoms with Crippen molar-refractivity contribution in [3.8, 4) is 6.07 Å². The average molecular weight is 265 g/mol. The minimum Gasteiger partial charge on any atom is -0.310 e. The number of aromatic nitrogens is 1. The van der Waals surface area contributed by atoms with E-state index in [1.54, 1.807) is 24.4 Å². The molecule has 1 N–H and O–H groups in total. The molecule has 1 aromatic heterocycles. The number of carbonyl (C=O) groups is 1. The molecule has 20 heavy (non-hydrogen) atoms. The summed E-state index contributed by atoms with van der Waals surface area (Å²) in [6.45, 7) is 2.00. The molecule has 4 heteroatoms. The predicted octanol–water partition coefficient (Wildman–Crippen LogP) is 2.71. The Balaban J connectivity index is 2.03. The highest BCUT2D eigenvalue weighted by Crippen LogP contribution is 2.12. The van der Waals surface area contributed by atoms with Crippen molar-refractivity contribution in [1.29, 1.82) is 5.26 Å². The third-order valence-corrected chi connectivity index (χ3v) is 2.95. The molecule has 0 aliphatic carbocycles. The fourth-order valence-electron chi connectivity index (χ4n) is 1.81. The van der Waals surface area contributed by atoms with Crippen LogP contribution in [-0.2, 0) is 11.2 Å². The molecule has 1 amide bonds. The Morgan fingerprint density at radius 3 is 2.65 bits per heavy atom. The molecule has 4 nitrogen and oxygen atoms in total. The molecule has 1 atom stereocenters. The normalized spacial score (nSPS) is 11.4. The highest BCUT2D eigenvalue weighted by molar-refractivity contribution is 5.93. The van der Waals surface area contributed by atoms with Crippen LogP contribution in [0.3, 0.4) is 0 Å². The van der Waals surface area contributed by atoms with Gasteiger partial charge in [0.1, 0.15) is 11.7 Å². The number of carbonyl (C=O) groups excluding carboxylic acids is 1. The first kappa shape index (κ1) is 13.8. The molecule has 0 radical (unpaired) electrons. The van der Waals surface area contributed by atoms with Gasteiger partial charge in [-0.1, -0.05) is 35.9 Å². The zero-order valence-corrected chi connectivity index (χ0v) is 11.2. The summed E-state index contributed by atoms with van der Waals surface area (Å²) in [5.41, 5.74) is 2.12. The number of hydrogen-bond acceptors (Lipinski definition) is 3. The molecule has 2 rings (SSSR count). The fourth-order valence-corrected chi connectivity index (χ4v) is 1.81. The van der Waals surface area contributed by atoms with E-state index in [1.165, 1.54) is 0 Å². The molecule has 0 aliphatic rings. The Kier molecular flexibility index (Phi) is 4.46. The van der Waals surface area contributed by atoms with Crippen LogP contribution in [0.4, 0.5) is 5.82 Å². The van der Waals surface area contributed by atoms with Crippen molar-refractivity contribution in [2.75, 3.05) is 5.32 Å². The first-order chi connectivity index (χ1) is 9.69. The average Bonchev–Trinajstić information content (AvgIpc) is 2.47. The Hall–Kier alpha value is -2.67. The summed E-state index contributed by atoms with van der Waals surface area (Å²) < 4.78 is 0. The van der Waals surface area contributed by atoms with Crippen molar-refractivity contribution in [3.05, 3.63) is 59.8 Å². The lowest BCUT2D eigenvalue weighted by Crippen LogP contribution is -2.23. The van der Waals surface area contributed by atoms with Gasteiger partial charge in [0.15, 0.2) is 0 Å². The van der Waals surface area contributed by atoms with Crippen molar-refractivity contribution in [2.24, 2.45) is 5.92 Å². The topological polar surface area (TPSA) is 65.8 Å². The van der Waals surface area contributed by atoms with Crippen molar-refractivity contribution >= 4 is 11.7 Å². The van der Waals surface area contributed by atoms with E-state index in [0.717, 1.165) is 11.1 Å². The van der Waals surface area contributed by atoms with E-state index >= 15 is 0 Å². The number of benzene rings is 1. The number of hydrogen-bond donors (Lipinski definition) is 1. The highest BCUT2D eigenvalue weighted by Gasteiger charge is 2.18. The fraction of sp³-hybridized carbons (Fsp3) is 0.188. The molecule has 0 aliphatic heterocycles. The van der Waals surface area contributed by atoms with Gasteiger partial charge in [0.05, 0.1) is 6.07 Å². The summed E-state index contributed by atoms with van der Waals surface area (Å²) in [4.78, 5) is 16.1. The van der Waals surface area contributed by atoms with Crippen LogP contribution in [0.5, 0.6) is 0 Å². The molecule has 0 bridgehead atoms. The van der Waals surface area contributed by atoms with Crippen LogP contribution in [0, 0.1) is 24.2 Å². The van der Waals surface area contributed by atoms with Crippen LogP contribution in [0.2, 0.25) is 0 Å². The molecular formula is C16H15N3O. The molecule has 0 unspecified atom stereocenters. The van der Waals surface area contributed by atoms with Gasteiger partial charge in [-0.25, -0.2) is 4.98 Å². The minimum absolute atomic E-state index is 0.327. The van der Waals surface area contributed by atoms with Gasteiger partial charge in [0.2, 0.25) is 5.91 Å². The summed E-state index contributed by atoms with van der Waals surface area (Å²) >= 11 is 0. The predicted molar refractivity (Wildman–Crippen MR) is 76.9 cm³/mol. The third-order valence-electron chi connectivity index (χ3n) is 2.95. The minimum atomic E-state index is -0.722. The third kappa shape index (κ3) is 3.66. The van der Waals surface area contributed by atoms with E-state index in [9.17, 15) is 4.79 Å². The number of nitriles is 1. The monoisotopic (exact) mass is 265 g/mol. The van der Waals surface area contributed by atoms with Gasteiger partial charge >= 0.3 is 0 Å². The number of nitrogens with zero attached hydrogens (tertiary/aromatic N) is 2. The van der Waals surface area contributed by atoms with Crippen molar-refractivity contribution in [1.82, 2.24) is 4.98 Å². The molecule has 1 heterocycles. The summed E-state index contributed by atoms with van der Waals surface area (Å²) in [7, 11) is 0. The van der Waals surface area contributed by atoms with Gasteiger partial charge in [0, 0.05) is 6.20 Å². The summed E-state index contributed by atoms with van der Waals surface area (Å²) in [5.74, 6) is -0.590. The second kappa shape index (κ2) is 6.48. The van der Waals surface area contributed by atoms with Gasteiger partial charge < -0.3 is 5.32 Å². The van der Waals surface area contributed by atoms with Crippen LogP contribution in [0.25, 0.3) is 0 Å². The Morgan fingerprint density at radius 1 is 1.30 bits per heavy atom. The molecule has 0 fully saturated rings. The van der Waals surface area contributed by atoms with E-state index in [1.807, 2.05) is 37.3 Å². The number of pyridine rings is 1. The van der Waals surface area contributed by atoms with Crippen LogP contribution in [-0.4, -0.2) is 10.9 Å². The largest absolute Gasteiger partial charge is 0.310 e. The van der Waals surface area contributed by atoms with Crippen molar-refractivity contribution < 1.29 is 4.79 Å². The molecule has 1 aromatic carbocycles. The van der Waals surface area contributed by atoms with Gasteiger partial charge in [-0.2, -0.15) is 5.26 Å². The van der Waals surface area contributed by atoms with Gasteiger partial charge in [0.25, 0.3) is 0 Å². The van der Waals surface area contributed by atoms with Crippen molar-refractivity contribution in [3.63, 3.8) is 0 Å². The quantitative estimate of drug-likeness (QED) is 0.924. The van der Waals surface area contributed by atoms with Crippen LogP contribution in [0.15, 0.2) is 48.7 Å². The maximum absolute atomic E-state index is 12.0. The SMILES string of the molecule is Cc1ccc(C[C@H](C#N)C(=O)Nc2ccccn2)cc1. The lowest BCUT2D eigenvalue weighted by atomic mass is 9.99. The van der Waals surface area contributed by atoms with E-state index in [2.05, 4.69) is 10.3 Å². The van der Waals surface area contributed by atoms with Gasteiger partial charge in [-0.3, -0.25) is 4.79 Å². The zero-order chi connectivity index (χ0) is 14.4. The van der Waals surface area contributed by atoms with Crippen LogP contribution < -0.4 is 5.32 Å². The number of anilines is 1. The summed E-state index contributed by atoms with van der Waals surface area (Å²) in [6, 6.07) is 15.1. The second-order valence-corrected chi connectivity index (χ2v) is 4.58. The zero-order valence-electron chi connectivity index (χ0n) is 11.2. The molecule has 2 aromatic rings. The Labute approximate surface area is 118 Å². The number of amides is 1. The molecule has 100 valence electrons. The van der Waals surface area contributed by atoms with Crippen molar-refractivity contribution in [2.45, 2.75) is 13.3 Å². The first-order valence-corrected chi connectivity index (χ1v) is 6.36. The van der Waals surface area contributed by atoms with Crippen LogP contribution in [0.1, 0.15) is 11.1 Å². The van der Waals surface area contributed by atoms with E-state index in [4.69, 9.17) is 5.26 Å². The van der Waals surface area contributed by atoms with Crippen LogP contribution >= 0.6 is 0 Å². The summed E-state index contributed by atoms with van der Waals surface area (Å²) in [5, 5.41) is 11.8. The molecule has 0 spiro atoms. The summed E-state index contributed by atoms with van der Waals surface area (Å²) in [6.07, 6.45) is 1.99. The number of aryl methyl sites for hydroxylation is 1. The lowest BCUT2D eigenvalue weighted by Gasteiger charge is -2.10. The molecule has 0 saturated heterocycles. The maximum atomic E-state index is 12.0. The molecular weight excluding hydrogens is 250 g/mol. The maximum Gasteiger partial charge on any atom is 0.243 e. The number of rotatable bonds is 4. The van der Waals surface area contributed by atoms with E-state index in [-0.39, 0.29) is 5.91 Å². The second-order valence-electron chi connectivity index (χ2n) is 4.58.